The average molecular weight is 375 g/mol. The van der Waals surface area contributed by atoms with Crippen LogP contribution in [0, 0.1) is 0 Å². The largest absolute Gasteiger partial charge is 0.483 e. The van der Waals surface area contributed by atoms with Gasteiger partial charge in [0.15, 0.2) is 17.5 Å². The highest BCUT2D eigenvalue weighted by Gasteiger charge is 2.12. The molecule has 0 aliphatic heterocycles. The van der Waals surface area contributed by atoms with Crippen LogP contribution in [0.2, 0.25) is 0 Å². The lowest BCUT2D eigenvalue weighted by Crippen LogP contribution is -2.49. The molecule has 1 unspecified atom stereocenters. The molecule has 0 spiro atoms. The highest BCUT2D eigenvalue weighted by molar-refractivity contribution is 7.80. The van der Waals surface area contributed by atoms with Gasteiger partial charge in [-0.3, -0.25) is 25.8 Å². The molecule has 0 aliphatic carbocycles. The Bertz CT molecular complexity index is 762. The molecule has 0 bridgehead atoms. The number of amides is 2. The summed E-state index contributed by atoms with van der Waals surface area (Å²) in [7, 11) is 0. The van der Waals surface area contributed by atoms with E-state index < -0.39 is 11.8 Å². The molecule has 7 nitrogen and oxygen atoms in total. The monoisotopic (exact) mass is 375 g/mol. The zero-order valence-corrected chi connectivity index (χ0v) is 15.4. The molecule has 1 heterocycles. The average Bonchev–Trinajstić information content (AvgIpc) is 3.19. The van der Waals surface area contributed by atoms with E-state index >= 15 is 0 Å². The first-order chi connectivity index (χ1) is 12.5. The molecule has 2 rings (SSSR count). The van der Waals surface area contributed by atoms with Crippen LogP contribution in [0.5, 0.6) is 5.75 Å². The number of ether oxygens (including phenoxy) is 1. The van der Waals surface area contributed by atoms with E-state index in [-0.39, 0.29) is 17.5 Å². The quantitative estimate of drug-likeness (QED) is 0.531. The molecule has 1 aromatic heterocycles. The number of benzene rings is 1. The molecule has 0 saturated carbocycles. The Labute approximate surface area is 157 Å². The number of hydrazine groups is 1. The maximum absolute atomic E-state index is 11.9. The minimum absolute atomic E-state index is 0.0558. The highest BCUT2D eigenvalue weighted by atomic mass is 32.1. The van der Waals surface area contributed by atoms with Crippen LogP contribution in [0.3, 0.4) is 0 Å². The van der Waals surface area contributed by atoms with E-state index in [1.807, 2.05) is 24.3 Å². The van der Waals surface area contributed by atoms with Crippen molar-refractivity contribution in [3.05, 3.63) is 54.0 Å². The zero-order chi connectivity index (χ0) is 18.9. The van der Waals surface area contributed by atoms with Gasteiger partial charge in [-0.1, -0.05) is 32.0 Å². The summed E-state index contributed by atoms with van der Waals surface area (Å²) in [6.45, 7) is 4.01. The van der Waals surface area contributed by atoms with Crippen molar-refractivity contribution < 1.29 is 18.7 Å². The smallest absolute Gasteiger partial charge is 0.293 e. The molecular formula is C18H21N3O4S. The second-order valence-corrected chi connectivity index (χ2v) is 5.98. The molecular weight excluding hydrogens is 354 g/mol. The van der Waals surface area contributed by atoms with E-state index in [2.05, 4.69) is 30.0 Å². The van der Waals surface area contributed by atoms with Crippen LogP contribution in [-0.4, -0.2) is 23.5 Å². The number of carbonyl (C=O) groups is 2. The van der Waals surface area contributed by atoms with Gasteiger partial charge in [-0.2, -0.15) is 0 Å². The predicted molar refractivity (Wildman–Crippen MR) is 101 cm³/mol. The maximum atomic E-state index is 11.9. The Hall–Kier alpha value is -2.87. The zero-order valence-electron chi connectivity index (χ0n) is 14.6. The van der Waals surface area contributed by atoms with Crippen LogP contribution in [0.15, 0.2) is 47.1 Å². The first kappa shape index (κ1) is 19.5. The lowest BCUT2D eigenvalue weighted by atomic mass is 9.98. The van der Waals surface area contributed by atoms with Crippen molar-refractivity contribution in [1.29, 1.82) is 0 Å². The van der Waals surface area contributed by atoms with E-state index in [1.165, 1.54) is 12.3 Å². The van der Waals surface area contributed by atoms with Crippen LogP contribution in [0.1, 0.15) is 42.3 Å². The number of para-hydroxylation sites is 1. The minimum atomic E-state index is -0.513. The van der Waals surface area contributed by atoms with Gasteiger partial charge in [0.1, 0.15) is 5.75 Å². The summed E-state index contributed by atoms with van der Waals surface area (Å²) in [5.41, 5.74) is 5.86. The first-order valence-electron chi connectivity index (χ1n) is 8.16. The number of thiocarbonyl (C=S) groups is 1. The lowest BCUT2D eigenvalue weighted by molar-refractivity contribution is -0.123. The third-order valence-electron chi connectivity index (χ3n) is 3.71. The van der Waals surface area contributed by atoms with Crippen molar-refractivity contribution in [3.63, 3.8) is 0 Å². The Morgan fingerprint density at radius 2 is 1.96 bits per heavy atom. The maximum Gasteiger partial charge on any atom is 0.293 e. The summed E-state index contributed by atoms with van der Waals surface area (Å²) in [5.74, 6) is 0.173. The van der Waals surface area contributed by atoms with Gasteiger partial charge in [0, 0.05) is 0 Å². The number of nitrogens with one attached hydrogen (secondary N) is 3. The van der Waals surface area contributed by atoms with Crippen LogP contribution < -0.4 is 20.9 Å². The second kappa shape index (κ2) is 9.57. The molecule has 3 N–H and O–H groups in total. The van der Waals surface area contributed by atoms with Crippen molar-refractivity contribution in [1.82, 2.24) is 16.2 Å². The van der Waals surface area contributed by atoms with Crippen molar-refractivity contribution in [3.8, 4) is 5.75 Å². The number of carbonyl (C=O) groups excluding carboxylic acids is 2. The summed E-state index contributed by atoms with van der Waals surface area (Å²) in [6, 6.07) is 10.7. The van der Waals surface area contributed by atoms with E-state index in [1.54, 1.807) is 6.07 Å². The Morgan fingerprint density at radius 3 is 2.65 bits per heavy atom. The Balaban J connectivity index is 1.77. The second-order valence-electron chi connectivity index (χ2n) is 5.57. The van der Waals surface area contributed by atoms with Gasteiger partial charge in [-0.05, 0) is 48.3 Å². The number of hydrogen-bond donors (Lipinski definition) is 3. The van der Waals surface area contributed by atoms with E-state index in [0.717, 1.165) is 12.0 Å². The lowest BCUT2D eigenvalue weighted by Gasteiger charge is -2.16. The summed E-state index contributed by atoms with van der Waals surface area (Å²) in [4.78, 5) is 23.6. The topological polar surface area (TPSA) is 92.6 Å². The van der Waals surface area contributed by atoms with Gasteiger partial charge >= 0.3 is 0 Å². The molecule has 0 aliphatic rings. The minimum Gasteiger partial charge on any atom is -0.483 e. The molecule has 26 heavy (non-hydrogen) atoms. The van der Waals surface area contributed by atoms with Gasteiger partial charge in [0.05, 0.1) is 6.26 Å². The predicted octanol–water partition coefficient (Wildman–Crippen LogP) is 2.51. The van der Waals surface area contributed by atoms with E-state index in [9.17, 15) is 9.59 Å². The number of furan rings is 1. The van der Waals surface area contributed by atoms with Gasteiger partial charge < -0.3 is 9.15 Å². The van der Waals surface area contributed by atoms with E-state index in [4.69, 9.17) is 21.4 Å². The summed E-state index contributed by atoms with van der Waals surface area (Å²) >= 11 is 4.93. The molecule has 2 aromatic rings. The molecule has 0 fully saturated rings. The van der Waals surface area contributed by atoms with Crippen LogP contribution >= 0.6 is 12.2 Å². The Morgan fingerprint density at radius 1 is 1.19 bits per heavy atom. The first-order valence-corrected chi connectivity index (χ1v) is 8.57. The van der Waals surface area contributed by atoms with Crippen molar-refractivity contribution in [2.45, 2.75) is 26.2 Å². The Kier molecular flexibility index (Phi) is 7.16. The van der Waals surface area contributed by atoms with E-state index in [0.29, 0.717) is 11.7 Å². The molecule has 8 heteroatoms. The number of rotatable bonds is 6. The molecule has 138 valence electrons. The normalized spacial score (nSPS) is 11.3. The van der Waals surface area contributed by atoms with Crippen LogP contribution in [0.4, 0.5) is 0 Å². The fourth-order valence-electron chi connectivity index (χ4n) is 2.15. The molecule has 2 amide bonds. The third kappa shape index (κ3) is 5.59. The number of hydrogen-bond acceptors (Lipinski definition) is 5. The van der Waals surface area contributed by atoms with Crippen molar-refractivity contribution >= 4 is 29.1 Å². The van der Waals surface area contributed by atoms with Crippen molar-refractivity contribution in [2.24, 2.45) is 0 Å². The molecule has 0 radical (unpaired) electrons. The van der Waals surface area contributed by atoms with Gasteiger partial charge in [-0.25, -0.2) is 0 Å². The molecule has 1 aromatic carbocycles. The third-order valence-corrected chi connectivity index (χ3v) is 3.91. The SMILES string of the molecule is CCC(C)c1ccccc1OCC(=O)NNC(=S)NC(=O)c1ccco1. The van der Waals surface area contributed by atoms with Gasteiger partial charge in [-0.15, -0.1) is 0 Å². The highest BCUT2D eigenvalue weighted by Crippen LogP contribution is 2.28. The van der Waals surface area contributed by atoms with Gasteiger partial charge in [0.25, 0.3) is 11.8 Å². The summed E-state index contributed by atoms with van der Waals surface area (Å²) in [6.07, 6.45) is 2.35. The fourth-order valence-corrected chi connectivity index (χ4v) is 2.29. The van der Waals surface area contributed by atoms with Crippen LogP contribution in [0.25, 0.3) is 0 Å². The standard InChI is InChI=1S/C18H21N3O4S/c1-3-12(2)13-7-4-5-8-14(13)25-11-16(22)20-21-18(26)19-17(23)15-9-6-10-24-15/h4-10,12H,3,11H2,1-2H3,(H,20,22)(H2,19,21,23,26). The summed E-state index contributed by atoms with van der Waals surface area (Å²) < 4.78 is 10.5. The molecule has 0 saturated heterocycles. The van der Waals surface area contributed by atoms with Gasteiger partial charge in [0.2, 0.25) is 0 Å². The fraction of sp³-hybridized carbons (Fsp3) is 0.278. The van der Waals surface area contributed by atoms with Crippen molar-refractivity contribution in [2.75, 3.05) is 6.61 Å². The molecule has 1 atom stereocenters. The summed E-state index contributed by atoms with van der Waals surface area (Å²) in [5, 5.41) is 2.32. The van der Waals surface area contributed by atoms with Crippen LogP contribution in [-0.2, 0) is 4.79 Å².